The van der Waals surface area contributed by atoms with Gasteiger partial charge in [-0.2, -0.15) is 5.26 Å². The summed E-state index contributed by atoms with van der Waals surface area (Å²) in [6.45, 7) is 1.98. The maximum absolute atomic E-state index is 11.5. The summed E-state index contributed by atoms with van der Waals surface area (Å²) in [5.41, 5.74) is 0.471. The van der Waals surface area contributed by atoms with Gasteiger partial charge in [0.1, 0.15) is 6.07 Å². The van der Waals surface area contributed by atoms with Gasteiger partial charge in [0.25, 0.3) is 0 Å². The van der Waals surface area contributed by atoms with Crippen molar-refractivity contribution in [1.29, 1.82) is 5.26 Å². The van der Waals surface area contributed by atoms with Gasteiger partial charge in [0.2, 0.25) is 0 Å². The van der Waals surface area contributed by atoms with Crippen LogP contribution in [0.3, 0.4) is 0 Å². The van der Waals surface area contributed by atoms with Crippen LogP contribution in [0.25, 0.3) is 0 Å². The van der Waals surface area contributed by atoms with E-state index < -0.39 is 5.97 Å². The second kappa shape index (κ2) is 5.19. The van der Waals surface area contributed by atoms with Gasteiger partial charge < -0.3 is 4.74 Å². The zero-order valence-electron chi connectivity index (χ0n) is 7.95. The second-order valence-corrected chi connectivity index (χ2v) is 4.08. The Hall–Kier alpha value is -0.990. The third-order valence-electron chi connectivity index (χ3n) is 1.68. The molecule has 0 radical (unpaired) electrons. The number of benzene rings is 1. The van der Waals surface area contributed by atoms with E-state index in [1.165, 1.54) is 0 Å². The lowest BCUT2D eigenvalue weighted by Crippen LogP contribution is -2.08. The first-order chi connectivity index (χ1) is 7.10. The molecule has 0 aliphatic heterocycles. The maximum Gasteiger partial charge on any atom is 0.340 e. The van der Waals surface area contributed by atoms with E-state index >= 15 is 0 Å². The second-order valence-electron chi connectivity index (χ2n) is 2.68. The molecule has 0 saturated carbocycles. The van der Waals surface area contributed by atoms with E-state index in [1.807, 2.05) is 6.07 Å². The first-order valence-corrected chi connectivity index (χ1v) is 5.44. The van der Waals surface area contributed by atoms with E-state index in [9.17, 15) is 4.79 Å². The van der Waals surface area contributed by atoms with Gasteiger partial charge >= 0.3 is 5.97 Å². The summed E-state index contributed by atoms with van der Waals surface area (Å²) in [6, 6.07) is 5.15. The molecule has 5 heteroatoms. The Kier molecular flexibility index (Phi) is 4.18. The summed E-state index contributed by atoms with van der Waals surface area (Å²) in [4.78, 5) is 11.9. The SMILES string of the molecule is CCOC(=O)c1c(S)cc(Br)cc1C#N. The minimum absolute atomic E-state index is 0.214. The summed E-state index contributed by atoms with van der Waals surface area (Å²) < 4.78 is 5.54. The van der Waals surface area contributed by atoms with E-state index in [2.05, 4.69) is 28.6 Å². The fraction of sp³-hybridized carbons (Fsp3) is 0.200. The van der Waals surface area contributed by atoms with Crippen LogP contribution in [0.15, 0.2) is 21.5 Å². The number of nitriles is 1. The molecular weight excluding hydrogens is 278 g/mol. The van der Waals surface area contributed by atoms with Gasteiger partial charge in [-0.3, -0.25) is 0 Å². The molecule has 0 N–H and O–H groups in total. The first kappa shape index (κ1) is 12.1. The van der Waals surface area contributed by atoms with Gasteiger partial charge in [0, 0.05) is 9.37 Å². The van der Waals surface area contributed by atoms with Crippen LogP contribution < -0.4 is 0 Å². The number of hydrogen-bond acceptors (Lipinski definition) is 4. The molecule has 1 rings (SSSR count). The van der Waals surface area contributed by atoms with E-state index in [0.29, 0.717) is 9.37 Å². The normalized spacial score (nSPS) is 9.47. The highest BCUT2D eigenvalue weighted by Crippen LogP contribution is 2.24. The standard InChI is InChI=1S/C10H8BrNO2S/c1-2-14-10(13)9-6(5-12)3-7(11)4-8(9)15/h3-4,15H,2H2,1H3. The molecule has 15 heavy (non-hydrogen) atoms. The Labute approximate surface area is 102 Å². The Morgan fingerprint density at radius 1 is 1.67 bits per heavy atom. The lowest BCUT2D eigenvalue weighted by Gasteiger charge is -2.07. The summed E-state index contributed by atoms with van der Waals surface area (Å²) in [5, 5.41) is 8.87. The highest BCUT2D eigenvalue weighted by molar-refractivity contribution is 9.10. The molecule has 0 atom stereocenters. The fourth-order valence-electron chi connectivity index (χ4n) is 1.10. The van der Waals surface area contributed by atoms with Crippen molar-refractivity contribution in [3.8, 4) is 6.07 Å². The van der Waals surface area contributed by atoms with E-state index in [-0.39, 0.29) is 17.7 Å². The predicted molar refractivity (Wildman–Crippen MR) is 62.1 cm³/mol. The van der Waals surface area contributed by atoms with Crippen molar-refractivity contribution in [2.75, 3.05) is 6.61 Å². The number of thiol groups is 1. The number of nitrogens with zero attached hydrogens (tertiary/aromatic N) is 1. The molecule has 78 valence electrons. The Morgan fingerprint density at radius 2 is 2.33 bits per heavy atom. The fourth-order valence-corrected chi connectivity index (χ4v) is 2.08. The van der Waals surface area contributed by atoms with Crippen LogP contribution >= 0.6 is 28.6 Å². The van der Waals surface area contributed by atoms with Crippen molar-refractivity contribution in [2.45, 2.75) is 11.8 Å². The number of ether oxygens (including phenoxy) is 1. The third-order valence-corrected chi connectivity index (χ3v) is 2.49. The smallest absolute Gasteiger partial charge is 0.340 e. The molecule has 0 heterocycles. The van der Waals surface area contributed by atoms with Crippen LogP contribution in [-0.4, -0.2) is 12.6 Å². The summed E-state index contributed by atoms with van der Waals surface area (Å²) in [6.07, 6.45) is 0. The third kappa shape index (κ3) is 2.74. The molecule has 0 aromatic heterocycles. The molecule has 0 spiro atoms. The van der Waals surface area contributed by atoms with Crippen LogP contribution in [0.5, 0.6) is 0 Å². The van der Waals surface area contributed by atoms with Crippen molar-refractivity contribution in [3.05, 3.63) is 27.7 Å². The predicted octanol–water partition coefficient (Wildman–Crippen LogP) is 2.79. The number of halogens is 1. The van der Waals surface area contributed by atoms with Crippen LogP contribution in [0.2, 0.25) is 0 Å². The van der Waals surface area contributed by atoms with E-state index in [4.69, 9.17) is 10.00 Å². The number of hydrogen-bond donors (Lipinski definition) is 1. The minimum atomic E-state index is -0.522. The molecule has 0 aliphatic carbocycles. The maximum atomic E-state index is 11.5. The monoisotopic (exact) mass is 285 g/mol. The van der Waals surface area contributed by atoms with Crippen molar-refractivity contribution >= 4 is 34.5 Å². The quantitative estimate of drug-likeness (QED) is 0.672. The van der Waals surface area contributed by atoms with Gasteiger partial charge in [0.05, 0.1) is 17.7 Å². The van der Waals surface area contributed by atoms with Crippen LogP contribution in [0, 0.1) is 11.3 Å². The number of carbonyl (C=O) groups excluding carboxylic acids is 1. The van der Waals surface area contributed by atoms with Gasteiger partial charge in [-0.05, 0) is 19.1 Å². The largest absolute Gasteiger partial charge is 0.462 e. The topological polar surface area (TPSA) is 50.1 Å². The molecular formula is C10H8BrNO2S. The number of rotatable bonds is 2. The van der Waals surface area contributed by atoms with Crippen LogP contribution in [-0.2, 0) is 4.74 Å². The van der Waals surface area contributed by atoms with Gasteiger partial charge in [0.15, 0.2) is 0 Å². The van der Waals surface area contributed by atoms with Crippen molar-refractivity contribution < 1.29 is 9.53 Å². The Morgan fingerprint density at radius 3 is 2.87 bits per heavy atom. The minimum Gasteiger partial charge on any atom is -0.462 e. The molecule has 0 aliphatic rings. The first-order valence-electron chi connectivity index (χ1n) is 4.19. The van der Waals surface area contributed by atoms with E-state index in [0.717, 1.165) is 0 Å². The van der Waals surface area contributed by atoms with Crippen LogP contribution in [0.4, 0.5) is 0 Å². The average Bonchev–Trinajstić information content (AvgIpc) is 2.16. The van der Waals surface area contributed by atoms with Gasteiger partial charge in [-0.15, -0.1) is 12.6 Å². The van der Waals surface area contributed by atoms with E-state index in [1.54, 1.807) is 19.1 Å². The lowest BCUT2D eigenvalue weighted by atomic mass is 10.1. The number of carbonyl (C=O) groups is 1. The molecule has 3 nitrogen and oxygen atoms in total. The summed E-state index contributed by atoms with van der Waals surface area (Å²) >= 11 is 7.37. The zero-order valence-corrected chi connectivity index (χ0v) is 10.4. The average molecular weight is 286 g/mol. The molecule has 0 unspecified atom stereocenters. The molecule has 0 bridgehead atoms. The number of esters is 1. The van der Waals surface area contributed by atoms with Crippen molar-refractivity contribution in [3.63, 3.8) is 0 Å². The highest BCUT2D eigenvalue weighted by atomic mass is 79.9. The molecule has 0 fully saturated rings. The molecule has 1 aromatic rings. The van der Waals surface area contributed by atoms with Crippen molar-refractivity contribution in [2.24, 2.45) is 0 Å². The Bertz CT molecular complexity index is 440. The van der Waals surface area contributed by atoms with Crippen LogP contribution in [0.1, 0.15) is 22.8 Å². The summed E-state index contributed by atoms with van der Waals surface area (Å²) in [5.74, 6) is -0.522. The molecule has 0 saturated heterocycles. The van der Waals surface area contributed by atoms with Crippen molar-refractivity contribution in [1.82, 2.24) is 0 Å². The zero-order chi connectivity index (χ0) is 11.4. The lowest BCUT2D eigenvalue weighted by molar-refractivity contribution is 0.0522. The Balaban J connectivity index is 3.28. The highest BCUT2D eigenvalue weighted by Gasteiger charge is 2.16. The summed E-state index contributed by atoms with van der Waals surface area (Å²) in [7, 11) is 0. The molecule has 0 amide bonds. The van der Waals surface area contributed by atoms with Gasteiger partial charge in [-0.25, -0.2) is 4.79 Å². The van der Waals surface area contributed by atoms with Gasteiger partial charge in [-0.1, -0.05) is 15.9 Å². The molecule has 1 aromatic carbocycles.